The van der Waals surface area contributed by atoms with Gasteiger partial charge in [-0.2, -0.15) is 13.2 Å². The van der Waals surface area contributed by atoms with Crippen LogP contribution in [0.5, 0.6) is 0 Å². The Balaban J connectivity index is 2.15. The Hall–Kier alpha value is -1.19. The number of fused-ring (bicyclic) bond motifs is 1. The van der Waals surface area contributed by atoms with Crippen molar-refractivity contribution in [2.45, 2.75) is 31.9 Å². The van der Waals surface area contributed by atoms with E-state index in [1.165, 1.54) is 0 Å². The van der Waals surface area contributed by atoms with Gasteiger partial charge in [-0.1, -0.05) is 18.2 Å². The molecule has 88 valence electrons. The molecule has 0 saturated heterocycles. The van der Waals surface area contributed by atoms with Crippen molar-refractivity contribution in [2.75, 3.05) is 11.9 Å². The van der Waals surface area contributed by atoms with E-state index in [9.17, 15) is 13.2 Å². The van der Waals surface area contributed by atoms with Crippen molar-refractivity contribution in [3.63, 3.8) is 0 Å². The Bertz CT molecular complexity index is 371. The molecule has 0 bridgehead atoms. The summed E-state index contributed by atoms with van der Waals surface area (Å²) in [7, 11) is 0. The van der Waals surface area contributed by atoms with Gasteiger partial charge in [0, 0.05) is 18.7 Å². The van der Waals surface area contributed by atoms with E-state index in [0.717, 1.165) is 36.2 Å². The van der Waals surface area contributed by atoms with Crippen LogP contribution in [0.4, 0.5) is 18.9 Å². The Kier molecular flexibility index (Phi) is 3.08. The minimum atomic E-state index is -4.07. The Morgan fingerprint density at radius 3 is 2.81 bits per heavy atom. The number of aryl methyl sites for hydroxylation is 2. The van der Waals surface area contributed by atoms with E-state index in [-0.39, 0.29) is 6.42 Å². The molecule has 16 heavy (non-hydrogen) atoms. The lowest BCUT2D eigenvalue weighted by Crippen LogP contribution is -2.15. The molecule has 1 aliphatic rings. The number of hydrogen-bond acceptors (Lipinski definition) is 1. The van der Waals surface area contributed by atoms with Gasteiger partial charge in [0.2, 0.25) is 0 Å². The van der Waals surface area contributed by atoms with Crippen LogP contribution in [0.3, 0.4) is 0 Å². The van der Waals surface area contributed by atoms with Gasteiger partial charge < -0.3 is 5.32 Å². The molecule has 0 radical (unpaired) electrons. The first-order chi connectivity index (χ1) is 7.56. The topological polar surface area (TPSA) is 12.0 Å². The van der Waals surface area contributed by atoms with Crippen molar-refractivity contribution in [3.8, 4) is 0 Å². The smallest absolute Gasteiger partial charge is 0.385 e. The highest BCUT2D eigenvalue weighted by Gasteiger charge is 2.27. The normalized spacial score (nSPS) is 15.4. The van der Waals surface area contributed by atoms with Crippen molar-refractivity contribution in [1.82, 2.24) is 0 Å². The van der Waals surface area contributed by atoms with E-state index < -0.39 is 12.6 Å². The number of anilines is 1. The summed E-state index contributed by atoms with van der Waals surface area (Å²) in [6.07, 6.45) is -2.74. The highest BCUT2D eigenvalue weighted by molar-refractivity contribution is 5.59. The summed E-state index contributed by atoms with van der Waals surface area (Å²) in [5, 5.41) is 3.20. The molecule has 0 amide bonds. The fourth-order valence-electron chi connectivity index (χ4n) is 2.07. The molecule has 1 aromatic rings. The number of hydrogen-bond donors (Lipinski definition) is 1. The summed E-state index contributed by atoms with van der Waals surface area (Å²) in [6, 6.07) is 5.61. The highest BCUT2D eigenvalue weighted by atomic mass is 19.4. The maximum absolute atomic E-state index is 12.2. The fourth-order valence-corrected chi connectivity index (χ4v) is 2.07. The molecule has 1 N–H and O–H groups in total. The molecule has 1 nitrogen and oxygen atoms in total. The third-order valence-corrected chi connectivity index (χ3v) is 2.84. The average molecular weight is 229 g/mol. The molecule has 1 heterocycles. The van der Waals surface area contributed by atoms with Gasteiger partial charge in [0.25, 0.3) is 0 Å². The third-order valence-electron chi connectivity index (χ3n) is 2.84. The Morgan fingerprint density at radius 2 is 2.06 bits per heavy atom. The Labute approximate surface area is 92.7 Å². The standard InChI is InChI=1S/C12H14F3N/c13-12(14,15)7-6-10-4-1-3-9-5-2-8-16-11(9)10/h1,3-4,16H,2,5-8H2. The van der Waals surface area contributed by atoms with Crippen LogP contribution in [0.15, 0.2) is 18.2 Å². The molecule has 0 aromatic heterocycles. The predicted octanol–water partition coefficient (Wildman–Crippen LogP) is 3.54. The van der Waals surface area contributed by atoms with E-state index in [0.29, 0.717) is 0 Å². The van der Waals surface area contributed by atoms with Gasteiger partial charge in [-0.05, 0) is 30.4 Å². The third kappa shape index (κ3) is 2.68. The lowest BCUT2D eigenvalue weighted by atomic mass is 9.97. The molecular formula is C12H14F3N. The molecule has 0 aliphatic carbocycles. The summed E-state index contributed by atoms with van der Waals surface area (Å²) < 4.78 is 36.5. The molecule has 0 fully saturated rings. The summed E-state index contributed by atoms with van der Waals surface area (Å²) in [6.45, 7) is 0.857. The molecule has 2 rings (SSSR count). The Morgan fingerprint density at radius 1 is 1.25 bits per heavy atom. The zero-order valence-corrected chi connectivity index (χ0v) is 8.90. The van der Waals surface area contributed by atoms with Gasteiger partial charge in [-0.15, -0.1) is 0 Å². The van der Waals surface area contributed by atoms with E-state index in [2.05, 4.69) is 5.32 Å². The van der Waals surface area contributed by atoms with E-state index in [4.69, 9.17) is 0 Å². The van der Waals surface area contributed by atoms with Gasteiger partial charge in [-0.3, -0.25) is 0 Å². The van der Waals surface area contributed by atoms with Crippen LogP contribution in [-0.2, 0) is 12.8 Å². The number of rotatable bonds is 2. The number of halogens is 3. The van der Waals surface area contributed by atoms with Crippen LogP contribution in [0.1, 0.15) is 24.0 Å². The van der Waals surface area contributed by atoms with Crippen LogP contribution < -0.4 is 5.32 Å². The molecular weight excluding hydrogens is 215 g/mol. The first kappa shape index (κ1) is 11.3. The summed E-state index contributed by atoms with van der Waals surface area (Å²) in [4.78, 5) is 0. The first-order valence-electron chi connectivity index (χ1n) is 5.48. The second-order valence-electron chi connectivity index (χ2n) is 4.10. The first-order valence-corrected chi connectivity index (χ1v) is 5.48. The molecule has 1 aromatic carbocycles. The molecule has 1 aliphatic heterocycles. The second kappa shape index (κ2) is 4.36. The molecule has 0 atom stereocenters. The SMILES string of the molecule is FC(F)(F)CCc1cccc2c1NCCC2. The van der Waals surface area contributed by atoms with E-state index in [1.54, 1.807) is 6.07 Å². The van der Waals surface area contributed by atoms with Crippen LogP contribution in [-0.4, -0.2) is 12.7 Å². The lowest BCUT2D eigenvalue weighted by Gasteiger charge is -2.21. The van der Waals surface area contributed by atoms with Gasteiger partial charge in [-0.25, -0.2) is 0 Å². The average Bonchev–Trinajstić information content (AvgIpc) is 2.25. The number of para-hydroxylation sites is 1. The highest BCUT2D eigenvalue weighted by Crippen LogP contribution is 2.29. The summed E-state index contributed by atoms with van der Waals surface area (Å²) >= 11 is 0. The minimum absolute atomic E-state index is 0.0691. The second-order valence-corrected chi connectivity index (χ2v) is 4.10. The van der Waals surface area contributed by atoms with Crippen molar-refractivity contribution >= 4 is 5.69 Å². The number of alkyl halides is 3. The molecule has 4 heteroatoms. The van der Waals surface area contributed by atoms with Crippen LogP contribution in [0.25, 0.3) is 0 Å². The largest absolute Gasteiger partial charge is 0.389 e. The quantitative estimate of drug-likeness (QED) is 0.817. The van der Waals surface area contributed by atoms with Crippen molar-refractivity contribution in [2.24, 2.45) is 0 Å². The van der Waals surface area contributed by atoms with Crippen LogP contribution in [0.2, 0.25) is 0 Å². The van der Waals surface area contributed by atoms with Crippen molar-refractivity contribution in [1.29, 1.82) is 0 Å². The number of benzene rings is 1. The van der Waals surface area contributed by atoms with Crippen molar-refractivity contribution in [3.05, 3.63) is 29.3 Å². The molecule has 0 unspecified atom stereocenters. The summed E-state index contributed by atoms with van der Waals surface area (Å²) in [5.74, 6) is 0. The molecule has 0 saturated carbocycles. The lowest BCUT2D eigenvalue weighted by molar-refractivity contribution is -0.133. The zero-order chi connectivity index (χ0) is 11.6. The molecule has 0 spiro atoms. The van der Waals surface area contributed by atoms with Crippen LogP contribution >= 0.6 is 0 Å². The predicted molar refractivity (Wildman–Crippen MR) is 57.6 cm³/mol. The number of nitrogens with one attached hydrogen (secondary N) is 1. The zero-order valence-electron chi connectivity index (χ0n) is 8.90. The summed E-state index contributed by atoms with van der Waals surface area (Å²) in [5.41, 5.74) is 2.86. The van der Waals surface area contributed by atoms with Gasteiger partial charge in [0.1, 0.15) is 0 Å². The van der Waals surface area contributed by atoms with E-state index in [1.807, 2.05) is 12.1 Å². The van der Waals surface area contributed by atoms with E-state index >= 15 is 0 Å². The van der Waals surface area contributed by atoms with Crippen molar-refractivity contribution < 1.29 is 13.2 Å². The van der Waals surface area contributed by atoms with Gasteiger partial charge in [0.15, 0.2) is 0 Å². The van der Waals surface area contributed by atoms with Gasteiger partial charge in [0.05, 0.1) is 0 Å². The maximum Gasteiger partial charge on any atom is 0.389 e. The maximum atomic E-state index is 12.2. The minimum Gasteiger partial charge on any atom is -0.385 e. The van der Waals surface area contributed by atoms with Crippen LogP contribution in [0, 0.1) is 0 Å². The monoisotopic (exact) mass is 229 g/mol. The van der Waals surface area contributed by atoms with Gasteiger partial charge >= 0.3 is 6.18 Å². The fraction of sp³-hybridized carbons (Fsp3) is 0.500.